The van der Waals surface area contributed by atoms with Gasteiger partial charge in [-0.15, -0.1) is 0 Å². The molecule has 1 atom stereocenters. The molecule has 17 heavy (non-hydrogen) atoms. The zero-order valence-electron chi connectivity index (χ0n) is 10.8. The highest BCUT2D eigenvalue weighted by Crippen LogP contribution is 2.29. The lowest BCUT2D eigenvalue weighted by atomic mass is 9.94. The van der Waals surface area contributed by atoms with Gasteiger partial charge in [-0.2, -0.15) is 0 Å². The van der Waals surface area contributed by atoms with E-state index >= 15 is 0 Å². The van der Waals surface area contributed by atoms with Gasteiger partial charge in [0.1, 0.15) is 5.75 Å². The van der Waals surface area contributed by atoms with Crippen molar-refractivity contribution in [1.82, 2.24) is 0 Å². The van der Waals surface area contributed by atoms with Crippen LogP contribution in [0.4, 0.5) is 11.4 Å². The third-order valence-electron chi connectivity index (χ3n) is 3.14. The summed E-state index contributed by atoms with van der Waals surface area (Å²) in [5.41, 5.74) is 7.30. The number of ether oxygens (including phenoxy) is 1. The summed E-state index contributed by atoms with van der Waals surface area (Å²) in [4.78, 5) is 0. The number of nitrogen functional groups attached to an aromatic ring is 1. The lowest BCUT2D eigenvalue weighted by molar-refractivity contribution is 0.252. The fourth-order valence-electron chi connectivity index (χ4n) is 1.67. The third-order valence-corrected chi connectivity index (χ3v) is 3.14. The molecule has 1 aromatic carbocycles. The fourth-order valence-corrected chi connectivity index (χ4v) is 1.67. The van der Waals surface area contributed by atoms with Gasteiger partial charge in [-0.05, 0) is 31.9 Å². The van der Waals surface area contributed by atoms with E-state index < -0.39 is 0 Å². The Balaban J connectivity index is 2.92. The Bertz CT molecular complexity index is 368. The maximum Gasteiger partial charge on any atom is 0.121 e. The van der Waals surface area contributed by atoms with E-state index in [0.717, 1.165) is 17.9 Å². The number of methoxy groups -OCH3 is 1. The summed E-state index contributed by atoms with van der Waals surface area (Å²) >= 11 is 0. The SMILES string of the molecule is CCC(C)(CCO)Nc1cc(OC)ccc1N. The van der Waals surface area contributed by atoms with E-state index in [0.29, 0.717) is 12.1 Å². The standard InChI is InChI=1S/C13H22N2O2/c1-4-13(2,7-8-16)15-12-9-10(17-3)5-6-11(12)14/h5-6,9,15-16H,4,7-8,14H2,1-3H3. The summed E-state index contributed by atoms with van der Waals surface area (Å²) in [7, 11) is 1.63. The van der Waals surface area contributed by atoms with Crippen LogP contribution in [0.3, 0.4) is 0 Å². The minimum absolute atomic E-state index is 0.154. The minimum atomic E-state index is -0.158. The zero-order valence-corrected chi connectivity index (χ0v) is 10.8. The highest BCUT2D eigenvalue weighted by Gasteiger charge is 2.21. The van der Waals surface area contributed by atoms with Crippen molar-refractivity contribution in [2.45, 2.75) is 32.2 Å². The van der Waals surface area contributed by atoms with Gasteiger partial charge < -0.3 is 20.9 Å². The molecule has 4 nitrogen and oxygen atoms in total. The Morgan fingerprint density at radius 2 is 2.18 bits per heavy atom. The molecule has 1 rings (SSSR count). The molecule has 0 aliphatic heterocycles. The van der Waals surface area contributed by atoms with Crippen LogP contribution in [0.1, 0.15) is 26.7 Å². The second-order valence-corrected chi connectivity index (χ2v) is 4.47. The Hall–Kier alpha value is -1.42. The Morgan fingerprint density at radius 1 is 1.47 bits per heavy atom. The van der Waals surface area contributed by atoms with Gasteiger partial charge in [-0.3, -0.25) is 0 Å². The Kier molecular flexibility index (Phi) is 4.63. The molecule has 0 saturated carbocycles. The van der Waals surface area contributed by atoms with Crippen molar-refractivity contribution < 1.29 is 9.84 Å². The van der Waals surface area contributed by atoms with Crippen molar-refractivity contribution in [3.05, 3.63) is 18.2 Å². The summed E-state index contributed by atoms with van der Waals surface area (Å²) in [6.45, 7) is 4.31. The molecule has 0 aliphatic rings. The van der Waals surface area contributed by atoms with Crippen molar-refractivity contribution in [2.75, 3.05) is 24.8 Å². The van der Waals surface area contributed by atoms with Crippen LogP contribution in [-0.2, 0) is 0 Å². The van der Waals surface area contributed by atoms with Gasteiger partial charge in [-0.1, -0.05) is 6.92 Å². The predicted molar refractivity (Wildman–Crippen MR) is 71.4 cm³/mol. The average molecular weight is 238 g/mol. The highest BCUT2D eigenvalue weighted by molar-refractivity contribution is 5.69. The molecule has 0 fully saturated rings. The van der Waals surface area contributed by atoms with E-state index in [1.165, 1.54) is 0 Å². The molecule has 0 spiro atoms. The van der Waals surface area contributed by atoms with Crippen LogP contribution < -0.4 is 15.8 Å². The van der Waals surface area contributed by atoms with E-state index in [9.17, 15) is 0 Å². The molecule has 0 radical (unpaired) electrons. The van der Waals surface area contributed by atoms with E-state index in [1.54, 1.807) is 7.11 Å². The quantitative estimate of drug-likeness (QED) is 0.665. The van der Waals surface area contributed by atoms with Crippen molar-refractivity contribution in [3.8, 4) is 5.75 Å². The molecule has 0 heterocycles. The van der Waals surface area contributed by atoms with Gasteiger partial charge in [0.2, 0.25) is 0 Å². The molecule has 4 heteroatoms. The minimum Gasteiger partial charge on any atom is -0.497 e. The molecular weight excluding hydrogens is 216 g/mol. The van der Waals surface area contributed by atoms with Gasteiger partial charge in [0.25, 0.3) is 0 Å². The molecule has 96 valence electrons. The molecule has 0 bridgehead atoms. The van der Waals surface area contributed by atoms with Gasteiger partial charge in [-0.25, -0.2) is 0 Å². The smallest absolute Gasteiger partial charge is 0.121 e. The average Bonchev–Trinajstić information content (AvgIpc) is 2.32. The molecule has 0 amide bonds. The Labute approximate surface area is 103 Å². The topological polar surface area (TPSA) is 67.5 Å². The molecule has 4 N–H and O–H groups in total. The second-order valence-electron chi connectivity index (χ2n) is 4.47. The lowest BCUT2D eigenvalue weighted by Crippen LogP contribution is -2.35. The van der Waals surface area contributed by atoms with Gasteiger partial charge in [0.05, 0.1) is 18.5 Å². The van der Waals surface area contributed by atoms with Crippen LogP contribution in [-0.4, -0.2) is 24.4 Å². The number of nitrogens with two attached hydrogens (primary N) is 1. The monoisotopic (exact) mass is 238 g/mol. The summed E-state index contributed by atoms with van der Waals surface area (Å²) in [6, 6.07) is 5.52. The summed E-state index contributed by atoms with van der Waals surface area (Å²) in [5.74, 6) is 0.768. The normalized spacial score (nSPS) is 14.1. The summed E-state index contributed by atoms with van der Waals surface area (Å²) in [6.07, 6.45) is 1.59. The number of anilines is 2. The lowest BCUT2D eigenvalue weighted by Gasteiger charge is -2.31. The first-order valence-corrected chi connectivity index (χ1v) is 5.87. The van der Waals surface area contributed by atoms with E-state index in [1.807, 2.05) is 18.2 Å². The van der Waals surface area contributed by atoms with E-state index in [2.05, 4.69) is 19.2 Å². The Morgan fingerprint density at radius 3 is 2.71 bits per heavy atom. The van der Waals surface area contributed by atoms with Crippen molar-refractivity contribution >= 4 is 11.4 Å². The van der Waals surface area contributed by atoms with Crippen LogP contribution in [0.15, 0.2) is 18.2 Å². The van der Waals surface area contributed by atoms with Gasteiger partial charge in [0, 0.05) is 18.2 Å². The first-order chi connectivity index (χ1) is 8.04. The van der Waals surface area contributed by atoms with Crippen molar-refractivity contribution in [2.24, 2.45) is 0 Å². The molecule has 0 saturated heterocycles. The highest BCUT2D eigenvalue weighted by atomic mass is 16.5. The number of rotatable bonds is 6. The van der Waals surface area contributed by atoms with Crippen LogP contribution in [0.2, 0.25) is 0 Å². The van der Waals surface area contributed by atoms with Crippen LogP contribution in [0.5, 0.6) is 5.75 Å². The van der Waals surface area contributed by atoms with E-state index in [4.69, 9.17) is 15.6 Å². The molecule has 0 aromatic heterocycles. The molecule has 1 unspecified atom stereocenters. The number of nitrogens with one attached hydrogen (secondary N) is 1. The van der Waals surface area contributed by atoms with E-state index in [-0.39, 0.29) is 12.1 Å². The third kappa shape index (κ3) is 3.53. The molecular formula is C13H22N2O2. The maximum absolute atomic E-state index is 9.09. The first-order valence-electron chi connectivity index (χ1n) is 5.87. The van der Waals surface area contributed by atoms with Gasteiger partial charge >= 0.3 is 0 Å². The number of hydrogen-bond acceptors (Lipinski definition) is 4. The summed E-state index contributed by atoms with van der Waals surface area (Å²) in [5, 5.41) is 12.5. The number of benzene rings is 1. The first kappa shape index (κ1) is 13.6. The largest absolute Gasteiger partial charge is 0.497 e. The maximum atomic E-state index is 9.09. The van der Waals surface area contributed by atoms with Crippen molar-refractivity contribution in [1.29, 1.82) is 0 Å². The van der Waals surface area contributed by atoms with Crippen LogP contribution >= 0.6 is 0 Å². The molecule has 0 aliphatic carbocycles. The van der Waals surface area contributed by atoms with Crippen LogP contribution in [0, 0.1) is 0 Å². The number of aliphatic hydroxyl groups excluding tert-OH is 1. The number of aliphatic hydroxyl groups is 1. The predicted octanol–water partition coefficient (Wildman–Crippen LogP) is 2.24. The summed E-state index contributed by atoms with van der Waals surface area (Å²) < 4.78 is 5.17. The molecule has 1 aromatic rings. The van der Waals surface area contributed by atoms with Crippen molar-refractivity contribution in [3.63, 3.8) is 0 Å². The zero-order chi connectivity index (χ0) is 12.9. The fraction of sp³-hybridized carbons (Fsp3) is 0.538. The van der Waals surface area contributed by atoms with Crippen LogP contribution in [0.25, 0.3) is 0 Å². The second kappa shape index (κ2) is 5.77. The number of hydrogen-bond donors (Lipinski definition) is 3. The van der Waals surface area contributed by atoms with Gasteiger partial charge in [0.15, 0.2) is 0 Å².